The Bertz CT molecular complexity index is 520. The monoisotopic (exact) mass is 315 g/mol. The zero-order valence-electron chi connectivity index (χ0n) is 9.14. The van der Waals surface area contributed by atoms with Crippen molar-refractivity contribution in [2.45, 2.75) is 12.5 Å². The molecule has 1 aliphatic rings. The maximum atomic E-state index is 10.9. The lowest BCUT2D eigenvalue weighted by atomic mass is 9.99. The first-order valence-corrected chi connectivity index (χ1v) is 5.97. The van der Waals surface area contributed by atoms with Crippen LogP contribution in [0, 0.1) is 10.1 Å². The van der Waals surface area contributed by atoms with E-state index in [1.54, 1.807) is 6.07 Å². The Morgan fingerprint density at radius 1 is 1.61 bits per heavy atom. The highest BCUT2D eigenvalue weighted by Crippen LogP contribution is 2.35. The average molecular weight is 316 g/mol. The van der Waals surface area contributed by atoms with Gasteiger partial charge in [-0.15, -0.1) is 0 Å². The number of nitrogens with one attached hydrogen (secondary N) is 2. The summed E-state index contributed by atoms with van der Waals surface area (Å²) in [4.78, 5) is 21.0. The minimum absolute atomic E-state index is 0.00634. The van der Waals surface area contributed by atoms with Crippen LogP contribution in [0.25, 0.3) is 0 Å². The van der Waals surface area contributed by atoms with E-state index in [1.807, 2.05) is 0 Å². The van der Waals surface area contributed by atoms with Gasteiger partial charge in [-0.3, -0.25) is 10.1 Å². The van der Waals surface area contributed by atoms with Crippen LogP contribution in [-0.4, -0.2) is 28.7 Å². The summed E-state index contributed by atoms with van der Waals surface area (Å²) in [6.45, 7) is 0.335. The molecule has 3 N–H and O–H groups in total. The van der Waals surface area contributed by atoms with Gasteiger partial charge in [0.1, 0.15) is 5.69 Å². The maximum Gasteiger partial charge on any atom is 0.404 e. The van der Waals surface area contributed by atoms with Crippen molar-refractivity contribution in [2.75, 3.05) is 11.9 Å². The van der Waals surface area contributed by atoms with Crippen molar-refractivity contribution < 1.29 is 14.8 Å². The molecule has 0 radical (unpaired) electrons. The molecule has 0 saturated heterocycles. The quantitative estimate of drug-likeness (QED) is 0.571. The topological polar surface area (TPSA) is 104 Å². The van der Waals surface area contributed by atoms with E-state index in [2.05, 4.69) is 26.6 Å². The predicted molar refractivity (Wildman–Crippen MR) is 67.9 cm³/mol. The third-order valence-electron chi connectivity index (χ3n) is 2.68. The molecule has 18 heavy (non-hydrogen) atoms. The molecule has 1 aromatic rings. The van der Waals surface area contributed by atoms with Crippen LogP contribution in [0.3, 0.4) is 0 Å². The van der Waals surface area contributed by atoms with E-state index in [-0.39, 0.29) is 11.7 Å². The zero-order valence-corrected chi connectivity index (χ0v) is 10.7. The second-order valence-electron chi connectivity index (χ2n) is 3.95. The summed E-state index contributed by atoms with van der Waals surface area (Å²) < 4.78 is 0.603. The van der Waals surface area contributed by atoms with E-state index < -0.39 is 11.0 Å². The van der Waals surface area contributed by atoms with Crippen LogP contribution in [0.5, 0.6) is 0 Å². The van der Waals surface area contributed by atoms with Gasteiger partial charge < -0.3 is 15.7 Å². The van der Waals surface area contributed by atoms with E-state index in [0.717, 1.165) is 5.56 Å². The number of benzene rings is 1. The number of anilines is 1. The van der Waals surface area contributed by atoms with Crippen LogP contribution in [-0.2, 0) is 6.42 Å². The van der Waals surface area contributed by atoms with Crippen LogP contribution in [0.1, 0.15) is 5.56 Å². The van der Waals surface area contributed by atoms with Crippen LogP contribution < -0.4 is 10.6 Å². The highest BCUT2D eigenvalue weighted by atomic mass is 79.9. The van der Waals surface area contributed by atoms with Crippen molar-refractivity contribution in [3.63, 3.8) is 0 Å². The first-order chi connectivity index (χ1) is 8.47. The van der Waals surface area contributed by atoms with E-state index >= 15 is 0 Å². The van der Waals surface area contributed by atoms with E-state index in [4.69, 9.17) is 5.11 Å². The molecule has 0 saturated carbocycles. The molecular weight excluding hydrogens is 306 g/mol. The predicted octanol–water partition coefficient (Wildman–Crippen LogP) is 1.96. The van der Waals surface area contributed by atoms with Gasteiger partial charge in [-0.25, -0.2) is 4.79 Å². The Labute approximate surface area is 110 Å². The lowest BCUT2D eigenvalue weighted by molar-refractivity contribution is -0.384. The molecule has 0 aliphatic carbocycles. The van der Waals surface area contributed by atoms with Crippen LogP contribution >= 0.6 is 15.9 Å². The minimum atomic E-state index is -1.10. The summed E-state index contributed by atoms with van der Waals surface area (Å²) in [5.74, 6) is 0. The third-order valence-corrected chi connectivity index (χ3v) is 3.14. The van der Waals surface area contributed by atoms with Gasteiger partial charge in [-0.1, -0.05) is 15.9 Å². The number of nitro benzene ring substituents is 1. The Kier molecular flexibility index (Phi) is 3.37. The van der Waals surface area contributed by atoms with E-state index in [0.29, 0.717) is 23.1 Å². The summed E-state index contributed by atoms with van der Waals surface area (Å²) in [7, 11) is 0. The molecule has 1 heterocycles. The molecule has 96 valence electrons. The standard InChI is InChI=1S/C10H10BrN3O4/c11-6-1-5-2-7(13-10(15)16)4-12-9(5)8(3-6)14(17)18/h1,3,7,12-13H,2,4H2,(H,15,16). The lowest BCUT2D eigenvalue weighted by Crippen LogP contribution is -2.43. The molecule has 0 aromatic heterocycles. The second kappa shape index (κ2) is 4.81. The number of halogens is 1. The number of amides is 1. The fourth-order valence-electron chi connectivity index (χ4n) is 2.00. The molecule has 1 amide bonds. The van der Waals surface area contributed by atoms with Gasteiger partial charge in [0.2, 0.25) is 0 Å². The highest BCUT2D eigenvalue weighted by molar-refractivity contribution is 9.10. The van der Waals surface area contributed by atoms with Crippen molar-refractivity contribution >= 4 is 33.4 Å². The number of nitrogens with zero attached hydrogens (tertiary/aromatic N) is 1. The first-order valence-electron chi connectivity index (χ1n) is 5.17. The summed E-state index contributed by atoms with van der Waals surface area (Å²) in [6.07, 6.45) is -0.677. The van der Waals surface area contributed by atoms with E-state index in [9.17, 15) is 14.9 Å². The zero-order chi connectivity index (χ0) is 13.3. The number of carbonyl (C=O) groups is 1. The van der Waals surface area contributed by atoms with Gasteiger partial charge in [-0.2, -0.15) is 0 Å². The van der Waals surface area contributed by atoms with Crippen molar-refractivity contribution in [1.29, 1.82) is 0 Å². The van der Waals surface area contributed by atoms with Gasteiger partial charge in [-0.05, 0) is 18.1 Å². The maximum absolute atomic E-state index is 10.9. The molecule has 0 bridgehead atoms. The average Bonchev–Trinajstić information content (AvgIpc) is 2.26. The van der Waals surface area contributed by atoms with Gasteiger partial charge >= 0.3 is 6.09 Å². The van der Waals surface area contributed by atoms with Crippen LogP contribution in [0.4, 0.5) is 16.2 Å². The first kappa shape index (κ1) is 12.6. The largest absolute Gasteiger partial charge is 0.465 e. The molecule has 1 aromatic carbocycles. The Balaban J connectivity index is 2.33. The Morgan fingerprint density at radius 3 is 2.94 bits per heavy atom. The summed E-state index contributed by atoms with van der Waals surface area (Å²) >= 11 is 3.21. The summed E-state index contributed by atoms with van der Waals surface area (Å²) in [5, 5.41) is 24.8. The molecule has 7 nitrogen and oxygen atoms in total. The molecule has 0 spiro atoms. The van der Waals surface area contributed by atoms with E-state index in [1.165, 1.54) is 6.07 Å². The smallest absolute Gasteiger partial charge is 0.404 e. The van der Waals surface area contributed by atoms with Gasteiger partial charge in [0.25, 0.3) is 5.69 Å². The number of rotatable bonds is 2. The molecule has 1 unspecified atom stereocenters. The second-order valence-corrected chi connectivity index (χ2v) is 4.86. The Hall–Kier alpha value is -1.83. The summed E-state index contributed by atoms with van der Waals surface area (Å²) in [5.41, 5.74) is 1.18. The third kappa shape index (κ3) is 2.53. The molecule has 1 aliphatic heterocycles. The number of fused-ring (bicyclic) bond motifs is 1. The molecule has 0 fully saturated rings. The van der Waals surface area contributed by atoms with Crippen LogP contribution in [0.2, 0.25) is 0 Å². The fourth-order valence-corrected chi connectivity index (χ4v) is 2.49. The molecule has 1 atom stereocenters. The van der Waals surface area contributed by atoms with Gasteiger partial charge in [0, 0.05) is 17.1 Å². The van der Waals surface area contributed by atoms with Gasteiger partial charge in [0.05, 0.1) is 11.0 Å². The van der Waals surface area contributed by atoms with Crippen molar-refractivity contribution in [2.24, 2.45) is 0 Å². The number of hydrogen-bond donors (Lipinski definition) is 3. The van der Waals surface area contributed by atoms with Crippen molar-refractivity contribution in [1.82, 2.24) is 5.32 Å². The fraction of sp³-hybridized carbons (Fsp3) is 0.300. The molecular formula is C10H10BrN3O4. The SMILES string of the molecule is O=C(O)NC1CNc2c(cc(Br)cc2[N+](=O)[O-])C1. The minimum Gasteiger partial charge on any atom is -0.465 e. The van der Waals surface area contributed by atoms with Crippen molar-refractivity contribution in [3.8, 4) is 0 Å². The molecule has 8 heteroatoms. The molecule has 2 rings (SSSR count). The number of nitro groups is 1. The van der Waals surface area contributed by atoms with Gasteiger partial charge in [0.15, 0.2) is 0 Å². The van der Waals surface area contributed by atoms with Crippen molar-refractivity contribution in [3.05, 3.63) is 32.3 Å². The number of hydrogen-bond acceptors (Lipinski definition) is 4. The Morgan fingerprint density at radius 2 is 2.33 bits per heavy atom. The van der Waals surface area contributed by atoms with Crippen LogP contribution in [0.15, 0.2) is 16.6 Å². The number of carboxylic acid groups (broad SMARTS) is 1. The highest BCUT2D eigenvalue weighted by Gasteiger charge is 2.26. The lowest BCUT2D eigenvalue weighted by Gasteiger charge is -2.25. The summed E-state index contributed by atoms with van der Waals surface area (Å²) in [6, 6.07) is 2.89. The normalized spacial score (nSPS) is 17.5.